The first kappa shape index (κ1) is 26.1. The van der Waals surface area contributed by atoms with Crippen LogP contribution >= 0.6 is 11.6 Å². The highest BCUT2D eigenvalue weighted by molar-refractivity contribution is 6.30. The Morgan fingerprint density at radius 2 is 1.82 bits per heavy atom. The van der Waals surface area contributed by atoms with E-state index in [2.05, 4.69) is 16.0 Å². The molecular formula is C28H25ClN4O6. The van der Waals surface area contributed by atoms with Crippen molar-refractivity contribution in [2.24, 2.45) is 0 Å². The number of ether oxygens (including phenoxy) is 1. The summed E-state index contributed by atoms with van der Waals surface area (Å²) in [6.07, 6.45) is -1.19. The molecule has 200 valence electrons. The molecule has 39 heavy (non-hydrogen) atoms. The molecule has 11 heteroatoms. The first-order chi connectivity index (χ1) is 18.7. The van der Waals surface area contributed by atoms with Crippen LogP contribution in [0, 0.1) is 0 Å². The van der Waals surface area contributed by atoms with Gasteiger partial charge in [-0.3, -0.25) is 20.2 Å². The van der Waals surface area contributed by atoms with E-state index >= 15 is 0 Å². The van der Waals surface area contributed by atoms with Gasteiger partial charge in [0.25, 0.3) is 5.91 Å². The lowest BCUT2D eigenvalue weighted by atomic mass is 9.90. The number of carbonyl (C=O) groups is 4. The number of nitrogens with one attached hydrogen (secondary N) is 3. The van der Waals surface area contributed by atoms with Gasteiger partial charge in [0.2, 0.25) is 5.91 Å². The quantitative estimate of drug-likeness (QED) is 0.359. The van der Waals surface area contributed by atoms with Crippen molar-refractivity contribution in [2.45, 2.75) is 24.5 Å². The molecule has 2 heterocycles. The Bertz CT molecular complexity index is 1430. The highest BCUT2D eigenvalue weighted by Crippen LogP contribution is 2.43. The van der Waals surface area contributed by atoms with Gasteiger partial charge in [0.1, 0.15) is 6.04 Å². The number of carbonyl (C=O) groups excluding carboxylic acids is 3. The summed E-state index contributed by atoms with van der Waals surface area (Å²) in [5.74, 6) is -0.795. The summed E-state index contributed by atoms with van der Waals surface area (Å²) in [6, 6.07) is 19.4. The van der Waals surface area contributed by atoms with Gasteiger partial charge in [-0.25, -0.2) is 9.59 Å². The van der Waals surface area contributed by atoms with Crippen LogP contribution in [0.3, 0.4) is 0 Å². The molecule has 2 aliphatic rings. The fourth-order valence-electron chi connectivity index (χ4n) is 4.98. The monoisotopic (exact) mass is 548 g/mol. The van der Waals surface area contributed by atoms with Gasteiger partial charge in [-0.1, -0.05) is 41.9 Å². The predicted octanol–water partition coefficient (Wildman–Crippen LogP) is 4.46. The van der Waals surface area contributed by atoms with Crippen LogP contribution in [-0.2, 0) is 21.6 Å². The number of hydrogen-bond acceptors (Lipinski definition) is 5. The number of rotatable bonds is 6. The van der Waals surface area contributed by atoms with E-state index in [0.717, 1.165) is 5.56 Å². The zero-order valence-electron chi connectivity index (χ0n) is 20.6. The molecule has 0 aromatic heterocycles. The number of amides is 4. The van der Waals surface area contributed by atoms with E-state index in [0.29, 0.717) is 34.9 Å². The third kappa shape index (κ3) is 5.65. The van der Waals surface area contributed by atoms with E-state index in [1.807, 2.05) is 30.3 Å². The lowest BCUT2D eigenvalue weighted by Gasteiger charge is -2.35. The third-order valence-electron chi connectivity index (χ3n) is 6.83. The van der Waals surface area contributed by atoms with Gasteiger partial charge in [0, 0.05) is 41.2 Å². The van der Waals surface area contributed by atoms with Crippen LogP contribution in [0.25, 0.3) is 0 Å². The van der Waals surface area contributed by atoms with E-state index in [-0.39, 0.29) is 24.4 Å². The highest BCUT2D eigenvalue weighted by Gasteiger charge is 2.49. The Hall–Kier alpha value is -4.57. The van der Waals surface area contributed by atoms with E-state index in [4.69, 9.17) is 21.4 Å². The average Bonchev–Trinajstić information content (AvgIpc) is 3.33. The molecule has 1 saturated heterocycles. The van der Waals surface area contributed by atoms with Crippen molar-refractivity contribution in [1.29, 1.82) is 0 Å². The second-order valence-corrected chi connectivity index (χ2v) is 9.87. The Balaban J connectivity index is 1.37. The summed E-state index contributed by atoms with van der Waals surface area (Å²) >= 11 is 6.24. The minimum Gasteiger partial charge on any atom is -0.465 e. The molecule has 1 fully saturated rings. The molecule has 3 aromatic rings. The maximum Gasteiger partial charge on any atom is 0.412 e. The number of likely N-dealkylation sites (tertiary alicyclic amines) is 1. The Kier molecular flexibility index (Phi) is 7.12. The number of carboxylic acid groups (broad SMARTS) is 1. The topological polar surface area (TPSA) is 137 Å². The summed E-state index contributed by atoms with van der Waals surface area (Å²) < 4.78 is 5.75. The number of hydrogen-bond donors (Lipinski definition) is 4. The number of anilines is 2. The van der Waals surface area contributed by atoms with Crippen molar-refractivity contribution < 1.29 is 29.0 Å². The molecule has 0 radical (unpaired) electrons. The lowest BCUT2D eigenvalue weighted by Crippen LogP contribution is -2.50. The number of benzene rings is 3. The summed E-state index contributed by atoms with van der Waals surface area (Å²) in [5.41, 5.74) is 1.67. The number of fused-ring (bicyclic) bond motifs is 2. The smallest absolute Gasteiger partial charge is 0.412 e. The molecule has 2 atom stereocenters. The highest BCUT2D eigenvalue weighted by atomic mass is 35.5. The van der Waals surface area contributed by atoms with Crippen molar-refractivity contribution in [1.82, 2.24) is 10.2 Å². The van der Waals surface area contributed by atoms with E-state index in [1.165, 1.54) is 24.3 Å². The molecule has 1 spiro atoms. The Labute approximate surface area is 228 Å². The maximum atomic E-state index is 13.8. The molecule has 5 rings (SSSR count). The first-order valence-electron chi connectivity index (χ1n) is 12.3. The predicted molar refractivity (Wildman–Crippen MR) is 144 cm³/mol. The van der Waals surface area contributed by atoms with Crippen molar-refractivity contribution in [3.8, 4) is 0 Å². The standard InChI is InChI=1S/C28H25ClN4O6/c29-19-8-11-22-21(15-19)28(39-27(38)32-22)12-13-33(16-28)25(35)23(14-17-4-2-1-3-5-17)31-24(34)18-6-9-20(10-7-18)30-26(36)37/h1-11,15,23,30H,12-14,16H2,(H,31,34)(H,32,38)(H,36,37)/t23-,28?/m0/s1. The van der Waals surface area contributed by atoms with Crippen LogP contribution in [0.2, 0.25) is 5.02 Å². The van der Waals surface area contributed by atoms with Crippen LogP contribution in [0.5, 0.6) is 0 Å². The Morgan fingerprint density at radius 1 is 1.08 bits per heavy atom. The van der Waals surface area contributed by atoms with Crippen molar-refractivity contribution in [3.63, 3.8) is 0 Å². The van der Waals surface area contributed by atoms with E-state index in [1.54, 1.807) is 23.1 Å². The normalized spacial score (nSPS) is 18.5. The number of halogens is 1. The largest absolute Gasteiger partial charge is 0.465 e. The van der Waals surface area contributed by atoms with Crippen LogP contribution in [-0.4, -0.2) is 53.1 Å². The molecule has 0 saturated carbocycles. The first-order valence-corrected chi connectivity index (χ1v) is 12.6. The fourth-order valence-corrected chi connectivity index (χ4v) is 5.16. The van der Waals surface area contributed by atoms with Gasteiger partial charge in [-0.2, -0.15) is 0 Å². The van der Waals surface area contributed by atoms with Crippen molar-refractivity contribution >= 4 is 47.0 Å². The Morgan fingerprint density at radius 3 is 2.54 bits per heavy atom. The SMILES string of the molecule is O=C(O)Nc1ccc(C(=O)N[C@@H](Cc2ccccc2)C(=O)N2CCC3(C2)OC(=O)Nc2ccc(Cl)cc23)cc1. The summed E-state index contributed by atoms with van der Waals surface area (Å²) in [7, 11) is 0. The van der Waals surface area contributed by atoms with Crippen molar-refractivity contribution in [2.75, 3.05) is 23.7 Å². The molecule has 2 aliphatic heterocycles. The summed E-state index contributed by atoms with van der Waals surface area (Å²) in [5, 5.41) is 17.1. The van der Waals surface area contributed by atoms with Gasteiger partial charge in [0.15, 0.2) is 5.60 Å². The minimum atomic E-state index is -1.21. The molecule has 10 nitrogen and oxygen atoms in total. The molecule has 4 amide bonds. The second kappa shape index (κ2) is 10.7. The zero-order valence-corrected chi connectivity index (χ0v) is 21.4. The summed E-state index contributed by atoms with van der Waals surface area (Å²) in [6.45, 7) is 0.429. The van der Waals surface area contributed by atoms with Gasteiger partial charge >= 0.3 is 12.2 Å². The van der Waals surface area contributed by atoms with Gasteiger partial charge < -0.3 is 20.1 Å². The summed E-state index contributed by atoms with van der Waals surface area (Å²) in [4.78, 5) is 51.8. The van der Waals surface area contributed by atoms with E-state index < -0.39 is 29.7 Å². The molecule has 1 unspecified atom stereocenters. The molecule has 0 bridgehead atoms. The van der Waals surface area contributed by atoms with Crippen LogP contribution in [0.4, 0.5) is 21.0 Å². The van der Waals surface area contributed by atoms with Crippen molar-refractivity contribution in [3.05, 3.63) is 94.5 Å². The fraction of sp³-hybridized carbons (Fsp3) is 0.214. The minimum absolute atomic E-state index is 0.114. The maximum absolute atomic E-state index is 13.8. The number of nitrogens with zero attached hydrogens (tertiary/aromatic N) is 1. The molecule has 3 aromatic carbocycles. The van der Waals surface area contributed by atoms with Gasteiger partial charge in [-0.05, 0) is 48.0 Å². The van der Waals surface area contributed by atoms with Crippen LogP contribution in [0.1, 0.15) is 27.9 Å². The molecular weight excluding hydrogens is 524 g/mol. The zero-order chi connectivity index (χ0) is 27.6. The molecule has 0 aliphatic carbocycles. The van der Waals surface area contributed by atoms with E-state index in [9.17, 15) is 19.2 Å². The van der Waals surface area contributed by atoms with Gasteiger partial charge in [-0.15, -0.1) is 0 Å². The van der Waals surface area contributed by atoms with Crippen LogP contribution in [0.15, 0.2) is 72.8 Å². The third-order valence-corrected chi connectivity index (χ3v) is 7.06. The van der Waals surface area contributed by atoms with Crippen LogP contribution < -0.4 is 16.0 Å². The average molecular weight is 549 g/mol. The second-order valence-electron chi connectivity index (χ2n) is 9.43. The lowest BCUT2D eigenvalue weighted by molar-refractivity contribution is -0.133. The molecule has 4 N–H and O–H groups in total. The van der Waals surface area contributed by atoms with Gasteiger partial charge in [0.05, 0.1) is 12.2 Å².